The van der Waals surface area contributed by atoms with Gasteiger partial charge in [-0.25, -0.2) is 0 Å². The van der Waals surface area contributed by atoms with Crippen LogP contribution in [0.15, 0.2) is 37.0 Å². The molecule has 2 atom stereocenters. The first-order chi connectivity index (χ1) is 9.20. The molecule has 19 heavy (non-hydrogen) atoms. The fraction of sp³-hybridized carbons (Fsp3) is 0.529. The van der Waals surface area contributed by atoms with Crippen molar-refractivity contribution in [3.05, 3.63) is 37.0 Å². The maximum Gasteiger partial charge on any atom is 0.133 e. The fourth-order valence-corrected chi connectivity index (χ4v) is 1.50. The van der Waals surface area contributed by atoms with Crippen molar-refractivity contribution < 1.29 is 10.2 Å². The molecule has 2 nitrogen and oxygen atoms in total. The first kappa shape index (κ1) is 17.7. The van der Waals surface area contributed by atoms with Crippen molar-refractivity contribution in [3.8, 4) is 11.8 Å². The van der Waals surface area contributed by atoms with E-state index in [1.165, 1.54) is 50.3 Å². The Bertz CT molecular complexity index is 331. The molecule has 0 saturated heterocycles. The summed E-state index contributed by atoms with van der Waals surface area (Å²) in [6.45, 7) is 5.65. The molecule has 0 amide bonds. The van der Waals surface area contributed by atoms with Gasteiger partial charge in [-0.15, -0.1) is 6.58 Å². The third kappa shape index (κ3) is 12.9. The van der Waals surface area contributed by atoms with Crippen LogP contribution in [0.2, 0.25) is 0 Å². The van der Waals surface area contributed by atoms with Crippen molar-refractivity contribution >= 4 is 0 Å². The Hall–Kier alpha value is -1.30. The largest absolute Gasteiger partial charge is 0.385 e. The Kier molecular flexibility index (Phi) is 12.2. The molecule has 106 valence electrons. The third-order valence-electron chi connectivity index (χ3n) is 2.64. The average molecular weight is 262 g/mol. The number of unbranched alkanes of at least 4 members (excludes halogenated alkanes) is 5. The Balaban J connectivity index is 3.73. The predicted molar refractivity (Wildman–Crippen MR) is 81.6 cm³/mol. The van der Waals surface area contributed by atoms with E-state index in [0.717, 1.165) is 6.42 Å². The number of rotatable bonds is 9. The third-order valence-corrected chi connectivity index (χ3v) is 2.64. The summed E-state index contributed by atoms with van der Waals surface area (Å²) in [6.07, 6.45) is 14.0. The maximum absolute atomic E-state index is 9.54. The molecule has 0 aromatic rings. The predicted octanol–water partition coefficient (Wildman–Crippen LogP) is 3.37. The lowest BCUT2D eigenvalue weighted by molar-refractivity contribution is 0.272. The molecular weight excluding hydrogens is 236 g/mol. The van der Waals surface area contributed by atoms with E-state index >= 15 is 0 Å². The summed E-state index contributed by atoms with van der Waals surface area (Å²) in [4.78, 5) is 0. The van der Waals surface area contributed by atoms with Crippen molar-refractivity contribution in [2.75, 3.05) is 0 Å². The van der Waals surface area contributed by atoms with Gasteiger partial charge in [0.1, 0.15) is 6.10 Å². The van der Waals surface area contributed by atoms with Crippen molar-refractivity contribution in [1.29, 1.82) is 0 Å². The summed E-state index contributed by atoms with van der Waals surface area (Å²) in [5.74, 6) is 5.34. The van der Waals surface area contributed by atoms with E-state index in [1.807, 2.05) is 6.08 Å². The van der Waals surface area contributed by atoms with Gasteiger partial charge in [0.15, 0.2) is 0 Å². The quantitative estimate of drug-likeness (QED) is 0.380. The molecule has 0 fully saturated rings. The number of hydrogen-bond donors (Lipinski definition) is 2. The number of allylic oxidation sites excluding steroid dienone is 2. The zero-order valence-electron chi connectivity index (χ0n) is 11.9. The van der Waals surface area contributed by atoms with Crippen LogP contribution >= 0.6 is 0 Å². The molecule has 0 heterocycles. The van der Waals surface area contributed by atoms with Gasteiger partial charge in [-0.1, -0.05) is 56.6 Å². The van der Waals surface area contributed by atoms with Gasteiger partial charge in [-0.2, -0.15) is 0 Å². The number of aliphatic hydroxyl groups is 2. The first-order valence-corrected chi connectivity index (χ1v) is 7.03. The smallest absolute Gasteiger partial charge is 0.133 e. The molecule has 2 N–H and O–H groups in total. The Morgan fingerprint density at radius 3 is 2.53 bits per heavy atom. The highest BCUT2D eigenvalue weighted by molar-refractivity contribution is 5.22. The van der Waals surface area contributed by atoms with Crippen LogP contribution in [0.25, 0.3) is 0 Å². The van der Waals surface area contributed by atoms with Crippen molar-refractivity contribution in [3.63, 3.8) is 0 Å². The summed E-state index contributed by atoms with van der Waals surface area (Å²) in [7, 11) is 0. The number of hydrogen-bond acceptors (Lipinski definition) is 2. The van der Waals surface area contributed by atoms with Gasteiger partial charge < -0.3 is 10.2 Å². The normalized spacial score (nSPS) is 14.3. The maximum atomic E-state index is 9.54. The van der Waals surface area contributed by atoms with Crippen molar-refractivity contribution in [1.82, 2.24) is 0 Å². The minimum Gasteiger partial charge on any atom is -0.385 e. The second-order valence-electron chi connectivity index (χ2n) is 4.45. The van der Waals surface area contributed by atoms with Crippen LogP contribution in [-0.4, -0.2) is 22.4 Å². The molecule has 2 heteroatoms. The van der Waals surface area contributed by atoms with Crippen LogP contribution in [0.4, 0.5) is 0 Å². The molecule has 0 aliphatic rings. The fourth-order valence-electron chi connectivity index (χ4n) is 1.50. The van der Waals surface area contributed by atoms with Gasteiger partial charge >= 0.3 is 0 Å². The highest BCUT2D eigenvalue weighted by Gasteiger charge is 1.91. The molecule has 0 saturated carbocycles. The standard InChI is InChI=1S/C17H26O2/c1-3-5-6-7-8-9-10-14-17(19)15-12-11-13-16(18)4-2/h4,10-11,13-14,16-19H,2-3,5-9H2,1H3/b13-11+,14-10+. The molecule has 0 aliphatic heterocycles. The van der Waals surface area contributed by atoms with E-state index in [4.69, 9.17) is 5.11 Å². The van der Waals surface area contributed by atoms with E-state index < -0.39 is 12.2 Å². The Morgan fingerprint density at radius 2 is 1.84 bits per heavy atom. The summed E-state index contributed by atoms with van der Waals surface area (Å²) < 4.78 is 0. The molecular formula is C17H26O2. The highest BCUT2D eigenvalue weighted by Crippen LogP contribution is 2.05. The van der Waals surface area contributed by atoms with Gasteiger partial charge in [0, 0.05) is 0 Å². The van der Waals surface area contributed by atoms with Gasteiger partial charge in [-0.05, 0) is 31.1 Å². The second kappa shape index (κ2) is 13.1. The summed E-state index contributed by atoms with van der Waals surface area (Å²) in [6, 6.07) is 0. The van der Waals surface area contributed by atoms with Crippen LogP contribution in [-0.2, 0) is 0 Å². The van der Waals surface area contributed by atoms with Gasteiger partial charge in [0.2, 0.25) is 0 Å². The molecule has 0 rings (SSSR count). The lowest BCUT2D eigenvalue weighted by Gasteiger charge is -1.97. The lowest BCUT2D eigenvalue weighted by Crippen LogP contribution is -1.96. The van der Waals surface area contributed by atoms with Crippen LogP contribution in [0.3, 0.4) is 0 Å². The zero-order valence-corrected chi connectivity index (χ0v) is 11.9. The first-order valence-electron chi connectivity index (χ1n) is 7.03. The lowest BCUT2D eigenvalue weighted by atomic mass is 10.1. The minimum atomic E-state index is -0.735. The minimum absolute atomic E-state index is 0.676. The van der Waals surface area contributed by atoms with E-state index in [-0.39, 0.29) is 0 Å². The second-order valence-corrected chi connectivity index (χ2v) is 4.45. The molecule has 0 aromatic heterocycles. The van der Waals surface area contributed by atoms with Gasteiger partial charge in [-0.3, -0.25) is 0 Å². The summed E-state index contributed by atoms with van der Waals surface area (Å²) in [5, 5.41) is 18.7. The van der Waals surface area contributed by atoms with E-state index in [2.05, 4.69) is 25.3 Å². The van der Waals surface area contributed by atoms with Crippen LogP contribution < -0.4 is 0 Å². The molecule has 0 aromatic carbocycles. The van der Waals surface area contributed by atoms with E-state index in [0.29, 0.717) is 0 Å². The van der Waals surface area contributed by atoms with Crippen LogP contribution in [0, 0.1) is 11.8 Å². The molecule has 0 bridgehead atoms. The van der Waals surface area contributed by atoms with Crippen LogP contribution in [0.1, 0.15) is 45.4 Å². The van der Waals surface area contributed by atoms with Crippen LogP contribution in [0.5, 0.6) is 0 Å². The molecule has 0 radical (unpaired) electrons. The van der Waals surface area contributed by atoms with Gasteiger partial charge in [0.25, 0.3) is 0 Å². The van der Waals surface area contributed by atoms with E-state index in [9.17, 15) is 5.11 Å². The zero-order chi connectivity index (χ0) is 14.3. The Morgan fingerprint density at radius 1 is 1.11 bits per heavy atom. The highest BCUT2D eigenvalue weighted by atomic mass is 16.3. The van der Waals surface area contributed by atoms with Crippen molar-refractivity contribution in [2.45, 2.75) is 57.7 Å². The average Bonchev–Trinajstić information content (AvgIpc) is 2.42. The topological polar surface area (TPSA) is 40.5 Å². The van der Waals surface area contributed by atoms with Gasteiger partial charge in [0.05, 0.1) is 6.10 Å². The number of aliphatic hydroxyl groups excluding tert-OH is 2. The SMILES string of the molecule is C=CC(O)/C=C/C#CC(O)/C=C/CCCCCCC. The molecule has 0 spiro atoms. The Labute approximate surface area is 117 Å². The van der Waals surface area contributed by atoms with E-state index in [1.54, 1.807) is 6.08 Å². The monoisotopic (exact) mass is 262 g/mol. The van der Waals surface area contributed by atoms with Crippen molar-refractivity contribution in [2.24, 2.45) is 0 Å². The summed E-state index contributed by atoms with van der Waals surface area (Å²) in [5.41, 5.74) is 0. The summed E-state index contributed by atoms with van der Waals surface area (Å²) >= 11 is 0. The molecule has 0 aliphatic carbocycles. The molecule has 2 unspecified atom stereocenters.